The highest BCUT2D eigenvalue weighted by molar-refractivity contribution is 5.57. The zero-order valence-corrected chi connectivity index (χ0v) is 13.6. The summed E-state index contributed by atoms with van der Waals surface area (Å²) in [5.41, 5.74) is 0.970. The SMILES string of the molecule is CCCNc1nc(CCC)nc(NC(CO)COC)c1C. The molecule has 6 nitrogen and oxygen atoms in total. The third-order valence-electron chi connectivity index (χ3n) is 3.14. The summed E-state index contributed by atoms with van der Waals surface area (Å²) in [5.74, 6) is 2.45. The number of ether oxygens (including phenoxy) is 1. The molecule has 1 aromatic heterocycles. The molecule has 0 aromatic carbocycles. The van der Waals surface area contributed by atoms with E-state index in [0.717, 1.165) is 48.8 Å². The van der Waals surface area contributed by atoms with Crippen LogP contribution in [0.3, 0.4) is 0 Å². The minimum absolute atomic E-state index is 0.00187. The van der Waals surface area contributed by atoms with E-state index >= 15 is 0 Å². The van der Waals surface area contributed by atoms with E-state index in [-0.39, 0.29) is 12.6 Å². The number of aliphatic hydroxyl groups excluding tert-OH is 1. The molecule has 1 unspecified atom stereocenters. The van der Waals surface area contributed by atoms with E-state index < -0.39 is 0 Å². The maximum atomic E-state index is 9.39. The van der Waals surface area contributed by atoms with E-state index in [4.69, 9.17) is 4.74 Å². The number of nitrogens with zero attached hydrogens (tertiary/aromatic N) is 2. The van der Waals surface area contributed by atoms with Crippen LogP contribution in [0, 0.1) is 6.92 Å². The second-order valence-corrected chi connectivity index (χ2v) is 5.12. The van der Waals surface area contributed by atoms with Crippen LogP contribution in [0.4, 0.5) is 11.6 Å². The predicted molar refractivity (Wildman–Crippen MR) is 85.9 cm³/mol. The topological polar surface area (TPSA) is 79.3 Å². The standard InChI is InChI=1S/C15H28N4O2/c1-5-7-13-18-14(16-8-6-2)11(3)15(19-13)17-12(9-20)10-21-4/h12,20H,5-10H2,1-4H3,(H2,16,17,18,19). The minimum Gasteiger partial charge on any atom is -0.394 e. The van der Waals surface area contributed by atoms with Gasteiger partial charge in [0.15, 0.2) is 0 Å². The van der Waals surface area contributed by atoms with Gasteiger partial charge in [-0.15, -0.1) is 0 Å². The van der Waals surface area contributed by atoms with Crippen molar-refractivity contribution in [3.8, 4) is 0 Å². The highest BCUT2D eigenvalue weighted by atomic mass is 16.5. The number of aromatic nitrogens is 2. The van der Waals surface area contributed by atoms with Crippen LogP contribution in [0.15, 0.2) is 0 Å². The maximum Gasteiger partial charge on any atom is 0.135 e. The molecule has 6 heteroatoms. The average molecular weight is 296 g/mol. The third kappa shape index (κ3) is 5.47. The number of nitrogens with one attached hydrogen (secondary N) is 2. The van der Waals surface area contributed by atoms with E-state index in [2.05, 4.69) is 34.4 Å². The van der Waals surface area contributed by atoms with Gasteiger partial charge < -0.3 is 20.5 Å². The molecule has 120 valence electrons. The monoisotopic (exact) mass is 296 g/mol. The molecule has 1 rings (SSSR count). The van der Waals surface area contributed by atoms with Crippen molar-refractivity contribution in [1.29, 1.82) is 0 Å². The average Bonchev–Trinajstić information content (AvgIpc) is 2.48. The van der Waals surface area contributed by atoms with Crippen molar-refractivity contribution in [2.24, 2.45) is 0 Å². The molecule has 0 radical (unpaired) electrons. The predicted octanol–water partition coefficient (Wildman–Crippen LogP) is 1.98. The van der Waals surface area contributed by atoms with Crippen LogP contribution in [0.25, 0.3) is 0 Å². The Morgan fingerprint density at radius 1 is 1.19 bits per heavy atom. The molecule has 1 aromatic rings. The first-order valence-corrected chi connectivity index (χ1v) is 7.63. The van der Waals surface area contributed by atoms with Crippen LogP contribution in [-0.4, -0.2) is 48.0 Å². The van der Waals surface area contributed by atoms with E-state index in [9.17, 15) is 5.11 Å². The van der Waals surface area contributed by atoms with E-state index in [1.165, 1.54) is 0 Å². The number of hydrogen-bond acceptors (Lipinski definition) is 6. The fourth-order valence-corrected chi connectivity index (χ4v) is 1.99. The van der Waals surface area contributed by atoms with Gasteiger partial charge in [-0.05, 0) is 19.8 Å². The van der Waals surface area contributed by atoms with Gasteiger partial charge >= 0.3 is 0 Å². The summed E-state index contributed by atoms with van der Waals surface area (Å²) in [6, 6.07) is -0.169. The van der Waals surface area contributed by atoms with Crippen molar-refractivity contribution in [2.75, 3.05) is 37.5 Å². The Morgan fingerprint density at radius 2 is 1.90 bits per heavy atom. The van der Waals surface area contributed by atoms with Gasteiger partial charge in [0.1, 0.15) is 17.5 Å². The van der Waals surface area contributed by atoms with Crippen molar-refractivity contribution in [2.45, 2.75) is 46.1 Å². The second kappa shape index (κ2) is 9.52. The number of rotatable bonds is 10. The fourth-order valence-electron chi connectivity index (χ4n) is 1.99. The molecular weight excluding hydrogens is 268 g/mol. The van der Waals surface area contributed by atoms with E-state index in [0.29, 0.717) is 6.61 Å². The summed E-state index contributed by atoms with van der Waals surface area (Å²) in [4.78, 5) is 9.16. The number of methoxy groups -OCH3 is 1. The lowest BCUT2D eigenvalue weighted by atomic mass is 10.2. The molecule has 0 aliphatic carbocycles. The lowest BCUT2D eigenvalue weighted by molar-refractivity contribution is 0.153. The van der Waals surface area contributed by atoms with Crippen LogP contribution in [-0.2, 0) is 11.2 Å². The normalized spacial score (nSPS) is 12.2. The number of hydrogen-bond donors (Lipinski definition) is 3. The molecule has 1 heterocycles. The third-order valence-corrected chi connectivity index (χ3v) is 3.14. The first-order valence-electron chi connectivity index (χ1n) is 7.63. The van der Waals surface area contributed by atoms with Crippen molar-refractivity contribution in [3.63, 3.8) is 0 Å². The van der Waals surface area contributed by atoms with Crippen molar-refractivity contribution in [1.82, 2.24) is 9.97 Å². The van der Waals surface area contributed by atoms with Gasteiger partial charge in [0.05, 0.1) is 19.3 Å². The second-order valence-electron chi connectivity index (χ2n) is 5.12. The number of aliphatic hydroxyl groups is 1. The molecule has 0 bridgehead atoms. The molecule has 1 atom stereocenters. The first kappa shape index (κ1) is 17.7. The molecule has 0 spiro atoms. The van der Waals surface area contributed by atoms with Crippen LogP contribution < -0.4 is 10.6 Å². The summed E-state index contributed by atoms with van der Waals surface area (Å²) in [6.07, 6.45) is 2.87. The Bertz CT molecular complexity index is 426. The largest absolute Gasteiger partial charge is 0.394 e. The van der Waals surface area contributed by atoms with Gasteiger partial charge in [-0.1, -0.05) is 13.8 Å². The fraction of sp³-hybridized carbons (Fsp3) is 0.733. The molecular formula is C15H28N4O2. The number of anilines is 2. The van der Waals surface area contributed by atoms with Crippen molar-refractivity contribution in [3.05, 3.63) is 11.4 Å². The van der Waals surface area contributed by atoms with Crippen LogP contribution >= 0.6 is 0 Å². The van der Waals surface area contributed by atoms with E-state index in [1.54, 1.807) is 7.11 Å². The molecule has 0 aliphatic heterocycles. The van der Waals surface area contributed by atoms with Crippen LogP contribution in [0.2, 0.25) is 0 Å². The summed E-state index contributed by atoms with van der Waals surface area (Å²) in [6.45, 7) is 7.52. The Balaban J connectivity index is 3.00. The van der Waals surface area contributed by atoms with Gasteiger partial charge in [-0.3, -0.25) is 0 Å². The molecule has 0 aliphatic rings. The summed E-state index contributed by atoms with van der Waals surface area (Å²) in [7, 11) is 1.62. The molecule has 0 saturated heterocycles. The Kier molecular flexibility index (Phi) is 8.00. The van der Waals surface area contributed by atoms with E-state index in [1.807, 2.05) is 6.92 Å². The van der Waals surface area contributed by atoms with Gasteiger partial charge in [0, 0.05) is 25.6 Å². The quantitative estimate of drug-likeness (QED) is 0.613. The Labute approximate surface area is 127 Å². The highest BCUT2D eigenvalue weighted by Gasteiger charge is 2.14. The van der Waals surface area contributed by atoms with Crippen molar-refractivity contribution >= 4 is 11.6 Å². The van der Waals surface area contributed by atoms with Gasteiger partial charge in [0.2, 0.25) is 0 Å². The molecule has 0 saturated carbocycles. The summed E-state index contributed by atoms with van der Waals surface area (Å²) in [5, 5.41) is 16.0. The summed E-state index contributed by atoms with van der Waals surface area (Å²) < 4.78 is 5.10. The zero-order valence-electron chi connectivity index (χ0n) is 13.6. The highest BCUT2D eigenvalue weighted by Crippen LogP contribution is 2.21. The zero-order chi connectivity index (χ0) is 15.7. The smallest absolute Gasteiger partial charge is 0.135 e. The Morgan fingerprint density at radius 3 is 2.48 bits per heavy atom. The van der Waals surface area contributed by atoms with Gasteiger partial charge in [0.25, 0.3) is 0 Å². The van der Waals surface area contributed by atoms with Gasteiger partial charge in [-0.25, -0.2) is 9.97 Å². The number of aryl methyl sites for hydroxylation is 1. The lowest BCUT2D eigenvalue weighted by Gasteiger charge is -2.19. The Hall–Kier alpha value is -1.40. The van der Waals surface area contributed by atoms with Gasteiger partial charge in [-0.2, -0.15) is 0 Å². The first-order chi connectivity index (χ1) is 10.2. The molecule has 0 amide bonds. The molecule has 0 fully saturated rings. The lowest BCUT2D eigenvalue weighted by Crippen LogP contribution is -2.30. The molecule has 3 N–H and O–H groups in total. The van der Waals surface area contributed by atoms with Crippen molar-refractivity contribution < 1.29 is 9.84 Å². The summed E-state index contributed by atoms with van der Waals surface area (Å²) >= 11 is 0. The molecule has 21 heavy (non-hydrogen) atoms. The minimum atomic E-state index is -0.169. The van der Waals surface area contributed by atoms with Crippen LogP contribution in [0.1, 0.15) is 38.1 Å². The maximum absolute atomic E-state index is 9.39. The van der Waals surface area contributed by atoms with Crippen LogP contribution in [0.5, 0.6) is 0 Å².